The number of aromatic nitrogens is 2. The number of rotatable bonds is 1. The second-order valence-corrected chi connectivity index (χ2v) is 4.10. The van der Waals surface area contributed by atoms with Crippen molar-refractivity contribution in [3.63, 3.8) is 0 Å². The molecule has 1 saturated heterocycles. The lowest BCUT2D eigenvalue weighted by Crippen LogP contribution is -2.44. The Balaban J connectivity index is 1.85. The number of imidazole rings is 1. The molecule has 2 aliphatic rings. The number of piperazine rings is 1. The third kappa shape index (κ3) is 1.65. The molecule has 3 rings (SSSR count). The monoisotopic (exact) mass is 204 g/mol. The highest BCUT2D eigenvalue weighted by molar-refractivity contribution is 5.54. The highest BCUT2D eigenvalue weighted by atomic mass is 15.3. The summed E-state index contributed by atoms with van der Waals surface area (Å²) < 4.78 is 0. The lowest BCUT2D eigenvalue weighted by molar-refractivity contribution is 0.581. The fourth-order valence-corrected chi connectivity index (χ4v) is 2.19. The second-order valence-electron chi connectivity index (χ2n) is 4.10. The molecule has 1 fully saturated rings. The molecule has 0 radical (unpaired) electrons. The van der Waals surface area contributed by atoms with E-state index >= 15 is 0 Å². The van der Waals surface area contributed by atoms with Crippen molar-refractivity contribution in [2.45, 2.75) is 12.8 Å². The van der Waals surface area contributed by atoms with E-state index in [0.29, 0.717) is 0 Å². The van der Waals surface area contributed by atoms with Crippen molar-refractivity contribution in [3.05, 3.63) is 17.5 Å². The van der Waals surface area contributed by atoms with Gasteiger partial charge in [0.2, 0.25) is 5.95 Å². The van der Waals surface area contributed by atoms with Crippen LogP contribution in [-0.4, -0.2) is 36.1 Å². The summed E-state index contributed by atoms with van der Waals surface area (Å²) in [6.07, 6.45) is 6.56. The van der Waals surface area contributed by atoms with Crippen molar-refractivity contribution >= 4 is 12.0 Å². The summed E-state index contributed by atoms with van der Waals surface area (Å²) in [6, 6.07) is 0. The number of hydrogen-bond donors (Lipinski definition) is 2. The van der Waals surface area contributed by atoms with Crippen molar-refractivity contribution in [2.24, 2.45) is 0 Å². The molecule has 0 bridgehead atoms. The molecule has 4 nitrogen and oxygen atoms in total. The number of H-pyrrole nitrogens is 1. The highest BCUT2D eigenvalue weighted by Gasteiger charge is 2.16. The second kappa shape index (κ2) is 3.70. The molecular weight excluding hydrogens is 188 g/mol. The molecule has 80 valence electrons. The molecule has 2 N–H and O–H groups in total. The lowest BCUT2D eigenvalue weighted by Gasteiger charge is -2.26. The van der Waals surface area contributed by atoms with Crippen LogP contribution in [0.2, 0.25) is 0 Å². The Morgan fingerprint density at radius 2 is 2.13 bits per heavy atom. The van der Waals surface area contributed by atoms with Gasteiger partial charge in [-0.15, -0.1) is 0 Å². The molecule has 1 aromatic heterocycles. The van der Waals surface area contributed by atoms with E-state index in [0.717, 1.165) is 50.7 Å². The number of nitrogens with zero attached hydrogens (tertiary/aromatic N) is 2. The predicted molar refractivity (Wildman–Crippen MR) is 61.0 cm³/mol. The topological polar surface area (TPSA) is 44.0 Å². The summed E-state index contributed by atoms with van der Waals surface area (Å²) in [7, 11) is 0. The molecule has 0 unspecified atom stereocenters. The van der Waals surface area contributed by atoms with Crippen LogP contribution in [0.4, 0.5) is 5.95 Å². The molecule has 0 aromatic carbocycles. The molecule has 0 saturated carbocycles. The van der Waals surface area contributed by atoms with Crippen molar-refractivity contribution < 1.29 is 0 Å². The molecule has 0 atom stereocenters. The Labute approximate surface area is 89.4 Å². The van der Waals surface area contributed by atoms with Gasteiger partial charge in [0.15, 0.2) is 0 Å². The maximum atomic E-state index is 4.63. The van der Waals surface area contributed by atoms with Crippen molar-refractivity contribution in [3.8, 4) is 0 Å². The minimum absolute atomic E-state index is 1.05. The largest absolute Gasteiger partial charge is 0.340 e. The zero-order chi connectivity index (χ0) is 10.1. The van der Waals surface area contributed by atoms with Gasteiger partial charge in [-0.3, -0.25) is 0 Å². The Bertz CT molecular complexity index is 374. The summed E-state index contributed by atoms with van der Waals surface area (Å²) in [5.41, 5.74) is 2.43. The van der Waals surface area contributed by atoms with Gasteiger partial charge in [0, 0.05) is 31.9 Å². The number of aryl methyl sites for hydroxylation is 1. The Hall–Kier alpha value is -1.29. The van der Waals surface area contributed by atoms with E-state index in [-0.39, 0.29) is 0 Å². The standard InChI is InChI=1S/C11H16N4/c1-2-4-10-9(3-1)13-11(14-10)15-7-5-12-6-8-15/h1,3,12H,2,4-8H2,(H,13,14). The predicted octanol–water partition coefficient (Wildman–Crippen LogP) is 0.779. The first kappa shape index (κ1) is 8.97. The van der Waals surface area contributed by atoms with Crippen molar-refractivity contribution in [1.82, 2.24) is 15.3 Å². The van der Waals surface area contributed by atoms with Crippen LogP contribution < -0.4 is 10.2 Å². The number of aromatic amines is 1. The molecule has 1 aliphatic carbocycles. The van der Waals surface area contributed by atoms with Crippen LogP contribution in [0.1, 0.15) is 17.8 Å². The van der Waals surface area contributed by atoms with Crippen LogP contribution >= 0.6 is 0 Å². The lowest BCUT2D eigenvalue weighted by atomic mass is 10.1. The van der Waals surface area contributed by atoms with E-state index in [1.165, 1.54) is 5.69 Å². The quantitative estimate of drug-likeness (QED) is 0.710. The Morgan fingerprint density at radius 3 is 2.93 bits per heavy atom. The molecule has 0 amide bonds. The summed E-state index contributed by atoms with van der Waals surface area (Å²) in [5, 5.41) is 3.35. The number of anilines is 1. The molecule has 0 spiro atoms. The number of nitrogens with one attached hydrogen (secondary N) is 2. The van der Waals surface area contributed by atoms with Gasteiger partial charge in [0.05, 0.1) is 5.69 Å². The van der Waals surface area contributed by atoms with Gasteiger partial charge in [0.1, 0.15) is 0 Å². The average Bonchev–Trinajstić information content (AvgIpc) is 2.74. The van der Waals surface area contributed by atoms with E-state index in [1.54, 1.807) is 0 Å². The summed E-state index contributed by atoms with van der Waals surface area (Å²) >= 11 is 0. The van der Waals surface area contributed by atoms with Gasteiger partial charge >= 0.3 is 0 Å². The van der Waals surface area contributed by atoms with Gasteiger partial charge < -0.3 is 15.2 Å². The highest BCUT2D eigenvalue weighted by Crippen LogP contribution is 2.20. The van der Waals surface area contributed by atoms with Crippen LogP contribution in [0.25, 0.3) is 6.08 Å². The molecule has 1 aromatic rings. The fourth-order valence-electron chi connectivity index (χ4n) is 2.19. The van der Waals surface area contributed by atoms with Gasteiger partial charge in [-0.25, -0.2) is 4.98 Å². The Morgan fingerprint density at radius 1 is 1.27 bits per heavy atom. The van der Waals surface area contributed by atoms with E-state index in [4.69, 9.17) is 0 Å². The first-order valence-corrected chi connectivity index (χ1v) is 5.64. The number of allylic oxidation sites excluding steroid dienone is 1. The molecule has 2 heterocycles. The Kier molecular flexibility index (Phi) is 2.21. The van der Waals surface area contributed by atoms with Crippen molar-refractivity contribution in [1.29, 1.82) is 0 Å². The minimum atomic E-state index is 1.05. The third-order valence-electron chi connectivity index (χ3n) is 3.05. The van der Waals surface area contributed by atoms with Crippen molar-refractivity contribution in [2.75, 3.05) is 31.1 Å². The first-order valence-electron chi connectivity index (χ1n) is 5.64. The zero-order valence-electron chi connectivity index (χ0n) is 8.79. The third-order valence-corrected chi connectivity index (χ3v) is 3.05. The van der Waals surface area contributed by atoms with Gasteiger partial charge in [0.25, 0.3) is 0 Å². The van der Waals surface area contributed by atoms with Crippen LogP contribution in [0.3, 0.4) is 0 Å². The van der Waals surface area contributed by atoms with Crippen LogP contribution in [0, 0.1) is 0 Å². The van der Waals surface area contributed by atoms with E-state index in [2.05, 4.69) is 32.3 Å². The fraction of sp³-hybridized carbons (Fsp3) is 0.545. The molecular formula is C11H16N4. The van der Waals surface area contributed by atoms with E-state index < -0.39 is 0 Å². The smallest absolute Gasteiger partial charge is 0.203 e. The van der Waals surface area contributed by atoms with Gasteiger partial charge in [-0.05, 0) is 18.9 Å². The molecule has 4 heteroatoms. The molecule has 1 aliphatic heterocycles. The average molecular weight is 204 g/mol. The SMILES string of the molecule is C1=Cc2nc(N3CCNCC3)[nH]c2CC1. The van der Waals surface area contributed by atoms with Crippen LogP contribution in [0.5, 0.6) is 0 Å². The van der Waals surface area contributed by atoms with E-state index in [1.807, 2.05) is 0 Å². The maximum Gasteiger partial charge on any atom is 0.203 e. The van der Waals surface area contributed by atoms with E-state index in [9.17, 15) is 0 Å². The van der Waals surface area contributed by atoms with Gasteiger partial charge in [-0.1, -0.05) is 6.08 Å². The minimum Gasteiger partial charge on any atom is -0.340 e. The first-order chi connectivity index (χ1) is 7.43. The summed E-state index contributed by atoms with van der Waals surface area (Å²) in [4.78, 5) is 10.4. The molecule has 15 heavy (non-hydrogen) atoms. The summed E-state index contributed by atoms with van der Waals surface area (Å²) in [6.45, 7) is 4.22. The summed E-state index contributed by atoms with van der Waals surface area (Å²) in [5.74, 6) is 1.05. The normalized spacial score (nSPS) is 20.4. The number of fused-ring (bicyclic) bond motifs is 1. The zero-order valence-corrected chi connectivity index (χ0v) is 8.79. The van der Waals surface area contributed by atoms with Crippen LogP contribution in [0.15, 0.2) is 6.08 Å². The maximum absolute atomic E-state index is 4.63. The number of hydrogen-bond acceptors (Lipinski definition) is 3. The van der Waals surface area contributed by atoms with Crippen LogP contribution in [-0.2, 0) is 6.42 Å². The van der Waals surface area contributed by atoms with Gasteiger partial charge in [-0.2, -0.15) is 0 Å².